The first kappa shape index (κ1) is 10.8. The molecule has 0 saturated carbocycles. The molecule has 5 nitrogen and oxygen atoms in total. The van der Waals surface area contributed by atoms with Crippen LogP contribution < -0.4 is 0 Å². The number of carboxylic acids is 1. The van der Waals surface area contributed by atoms with Crippen molar-refractivity contribution in [2.45, 2.75) is 0 Å². The Hall–Kier alpha value is -1.30. The first-order valence-corrected chi connectivity index (χ1v) is 4.45. The normalized spacial score (nSPS) is 9.93. The molecule has 76 valence electrons. The molecular weight excluding hydrogens is 254 g/mol. The zero-order valence-corrected chi connectivity index (χ0v) is 9.16. The number of aromatic carboxylic acids is 1. The van der Waals surface area contributed by atoms with Crippen LogP contribution in [0.2, 0.25) is 0 Å². The van der Waals surface area contributed by atoms with E-state index in [0.29, 0.717) is 4.47 Å². The van der Waals surface area contributed by atoms with Gasteiger partial charge in [0.25, 0.3) is 0 Å². The molecule has 1 aromatic rings. The highest BCUT2D eigenvalue weighted by molar-refractivity contribution is 9.10. The molecule has 1 aromatic heterocycles. The Kier molecular flexibility index (Phi) is 2.95. The van der Waals surface area contributed by atoms with E-state index in [-0.39, 0.29) is 11.4 Å². The number of ether oxygens (including phenoxy) is 1. The highest BCUT2D eigenvalue weighted by Crippen LogP contribution is 2.21. The van der Waals surface area contributed by atoms with E-state index in [1.54, 1.807) is 0 Å². The molecule has 0 unspecified atom stereocenters. The number of aromatic nitrogens is 1. The van der Waals surface area contributed by atoms with Crippen LogP contribution in [0.3, 0.4) is 0 Å². The number of hydrogen-bond acceptors (Lipinski definition) is 3. The molecule has 14 heavy (non-hydrogen) atoms. The summed E-state index contributed by atoms with van der Waals surface area (Å²) in [5.41, 5.74) is 0.210. The lowest BCUT2D eigenvalue weighted by atomic mass is 10.4. The number of carboxylic acid groups (broad SMARTS) is 1. The van der Waals surface area contributed by atoms with Crippen LogP contribution in [-0.2, 0) is 11.8 Å². The third kappa shape index (κ3) is 1.65. The average molecular weight is 262 g/mol. The SMILES string of the molecule is COC(=O)c1cc(Br)c(C(=O)O)n1C. The maximum Gasteiger partial charge on any atom is 0.354 e. The van der Waals surface area contributed by atoms with E-state index in [1.807, 2.05) is 0 Å². The summed E-state index contributed by atoms with van der Waals surface area (Å²) in [6, 6.07) is 1.41. The van der Waals surface area contributed by atoms with E-state index in [1.165, 1.54) is 24.8 Å². The lowest BCUT2D eigenvalue weighted by Gasteiger charge is -2.02. The number of nitrogens with zero attached hydrogens (tertiary/aromatic N) is 1. The number of carbonyl (C=O) groups excluding carboxylic acids is 1. The van der Waals surface area contributed by atoms with Crippen molar-refractivity contribution in [3.05, 3.63) is 21.9 Å². The smallest absolute Gasteiger partial charge is 0.354 e. The highest BCUT2D eigenvalue weighted by Gasteiger charge is 2.20. The Morgan fingerprint density at radius 2 is 2.14 bits per heavy atom. The van der Waals surface area contributed by atoms with Gasteiger partial charge in [-0.2, -0.15) is 0 Å². The van der Waals surface area contributed by atoms with Crippen molar-refractivity contribution < 1.29 is 19.4 Å². The van der Waals surface area contributed by atoms with E-state index in [4.69, 9.17) is 5.11 Å². The summed E-state index contributed by atoms with van der Waals surface area (Å²) in [5.74, 6) is -1.67. The molecule has 0 spiro atoms. The number of carbonyl (C=O) groups is 2. The van der Waals surface area contributed by atoms with Crippen molar-refractivity contribution in [2.75, 3.05) is 7.11 Å². The van der Waals surface area contributed by atoms with Crippen molar-refractivity contribution in [1.29, 1.82) is 0 Å². The molecule has 1 rings (SSSR count). The Balaban J connectivity index is 3.30. The molecule has 0 aliphatic rings. The van der Waals surface area contributed by atoms with Gasteiger partial charge < -0.3 is 14.4 Å². The lowest BCUT2D eigenvalue weighted by Crippen LogP contribution is -2.12. The van der Waals surface area contributed by atoms with Crippen LogP contribution in [0.5, 0.6) is 0 Å². The van der Waals surface area contributed by atoms with Gasteiger partial charge in [-0.05, 0) is 22.0 Å². The quantitative estimate of drug-likeness (QED) is 0.815. The minimum Gasteiger partial charge on any atom is -0.477 e. The van der Waals surface area contributed by atoms with Crippen molar-refractivity contribution in [3.63, 3.8) is 0 Å². The molecule has 0 aliphatic carbocycles. The van der Waals surface area contributed by atoms with Gasteiger partial charge in [-0.25, -0.2) is 9.59 Å². The summed E-state index contributed by atoms with van der Waals surface area (Å²) < 4.78 is 6.11. The summed E-state index contributed by atoms with van der Waals surface area (Å²) in [6.45, 7) is 0. The Labute approximate surface area is 88.4 Å². The maximum atomic E-state index is 11.2. The van der Waals surface area contributed by atoms with Gasteiger partial charge in [0, 0.05) is 7.05 Å². The first-order chi connectivity index (χ1) is 6.49. The number of methoxy groups -OCH3 is 1. The zero-order chi connectivity index (χ0) is 10.9. The monoisotopic (exact) mass is 261 g/mol. The number of rotatable bonds is 2. The van der Waals surface area contributed by atoms with E-state index >= 15 is 0 Å². The molecule has 0 atom stereocenters. The van der Waals surface area contributed by atoms with Crippen molar-refractivity contribution in [3.8, 4) is 0 Å². The van der Waals surface area contributed by atoms with E-state index in [2.05, 4.69) is 20.7 Å². The van der Waals surface area contributed by atoms with Crippen molar-refractivity contribution >= 4 is 27.9 Å². The predicted molar refractivity (Wildman–Crippen MR) is 51.4 cm³/mol. The molecule has 0 aliphatic heterocycles. The molecule has 1 N–H and O–H groups in total. The van der Waals surface area contributed by atoms with Gasteiger partial charge in [-0.3, -0.25) is 0 Å². The Morgan fingerprint density at radius 3 is 2.50 bits per heavy atom. The second-order valence-corrected chi connectivity index (χ2v) is 3.44. The molecular formula is C8H8BrNO4. The Morgan fingerprint density at radius 1 is 1.57 bits per heavy atom. The molecule has 1 heterocycles. The van der Waals surface area contributed by atoms with Gasteiger partial charge in [0.1, 0.15) is 11.4 Å². The second kappa shape index (κ2) is 3.83. The van der Waals surface area contributed by atoms with Crippen molar-refractivity contribution in [1.82, 2.24) is 4.57 Å². The van der Waals surface area contributed by atoms with Crippen LogP contribution in [0.15, 0.2) is 10.5 Å². The lowest BCUT2D eigenvalue weighted by molar-refractivity contribution is 0.0589. The minimum atomic E-state index is -1.10. The predicted octanol–water partition coefficient (Wildman–Crippen LogP) is 1.27. The molecule has 0 fully saturated rings. The molecule has 0 amide bonds. The number of esters is 1. The van der Waals surface area contributed by atoms with Crippen LogP contribution >= 0.6 is 15.9 Å². The third-order valence-corrected chi connectivity index (χ3v) is 2.39. The number of hydrogen-bond donors (Lipinski definition) is 1. The highest BCUT2D eigenvalue weighted by atomic mass is 79.9. The fourth-order valence-corrected chi connectivity index (χ4v) is 1.76. The summed E-state index contributed by atoms with van der Waals surface area (Å²) >= 11 is 3.06. The zero-order valence-electron chi connectivity index (χ0n) is 7.57. The second-order valence-electron chi connectivity index (χ2n) is 2.58. The third-order valence-electron chi connectivity index (χ3n) is 1.78. The molecule has 0 radical (unpaired) electrons. The molecule has 0 saturated heterocycles. The van der Waals surface area contributed by atoms with Gasteiger partial charge in [0.15, 0.2) is 0 Å². The van der Waals surface area contributed by atoms with E-state index in [9.17, 15) is 9.59 Å². The fraction of sp³-hybridized carbons (Fsp3) is 0.250. The summed E-state index contributed by atoms with van der Waals surface area (Å²) in [4.78, 5) is 21.9. The van der Waals surface area contributed by atoms with Gasteiger partial charge in [-0.1, -0.05) is 0 Å². The first-order valence-electron chi connectivity index (χ1n) is 3.65. The Bertz CT molecular complexity index is 396. The minimum absolute atomic E-state index is 0.0189. The van der Waals surface area contributed by atoms with Gasteiger partial charge in [0.2, 0.25) is 0 Å². The average Bonchev–Trinajstić information content (AvgIpc) is 2.40. The topological polar surface area (TPSA) is 68.5 Å². The summed E-state index contributed by atoms with van der Waals surface area (Å²) in [6.07, 6.45) is 0. The maximum absolute atomic E-state index is 11.2. The van der Waals surface area contributed by atoms with E-state index in [0.717, 1.165) is 0 Å². The van der Waals surface area contributed by atoms with Crippen LogP contribution in [0, 0.1) is 0 Å². The van der Waals surface area contributed by atoms with Gasteiger partial charge >= 0.3 is 11.9 Å². The standard InChI is InChI=1S/C8H8BrNO4/c1-10-5(8(13)14-2)3-4(9)6(10)7(11)12/h3H,1-2H3,(H,11,12). The van der Waals surface area contributed by atoms with Crippen molar-refractivity contribution in [2.24, 2.45) is 7.05 Å². The summed E-state index contributed by atoms with van der Waals surface area (Å²) in [5, 5.41) is 8.81. The van der Waals surface area contributed by atoms with Crippen LogP contribution in [0.1, 0.15) is 21.0 Å². The van der Waals surface area contributed by atoms with Crippen LogP contribution in [-0.4, -0.2) is 28.7 Å². The largest absolute Gasteiger partial charge is 0.477 e. The van der Waals surface area contributed by atoms with E-state index < -0.39 is 11.9 Å². The van der Waals surface area contributed by atoms with Gasteiger partial charge in [-0.15, -0.1) is 0 Å². The molecule has 6 heteroatoms. The van der Waals surface area contributed by atoms with Crippen LogP contribution in [0.4, 0.5) is 0 Å². The van der Waals surface area contributed by atoms with Gasteiger partial charge in [0.05, 0.1) is 11.6 Å². The molecule has 0 aromatic carbocycles. The number of halogens is 1. The van der Waals surface area contributed by atoms with Crippen LogP contribution in [0.25, 0.3) is 0 Å². The molecule has 0 bridgehead atoms. The fourth-order valence-electron chi connectivity index (χ4n) is 1.11. The summed E-state index contributed by atoms with van der Waals surface area (Å²) in [7, 11) is 2.73.